The largest absolute Gasteiger partial charge is 0.228 e. The maximum Gasteiger partial charge on any atom is 0.161 e. The Morgan fingerprint density at radius 2 is 1.43 bits per heavy atom. The normalized spacial score (nSPS) is 10.6. The Kier molecular flexibility index (Phi) is 3.72. The molecule has 3 heteroatoms. The summed E-state index contributed by atoms with van der Waals surface area (Å²) in [6, 6.07) is 18.0. The predicted molar refractivity (Wildman–Crippen MR) is 87.4 cm³/mol. The van der Waals surface area contributed by atoms with Crippen LogP contribution in [0.25, 0.3) is 22.6 Å². The van der Waals surface area contributed by atoms with Gasteiger partial charge in [-0.15, -0.1) is 0 Å². The molecule has 0 aliphatic rings. The summed E-state index contributed by atoms with van der Waals surface area (Å²) in [7, 11) is 0. The Morgan fingerprint density at radius 3 is 2.10 bits per heavy atom. The number of rotatable bonds is 2. The van der Waals surface area contributed by atoms with Crippen molar-refractivity contribution in [1.29, 1.82) is 0 Å². The standard InChI is InChI=1S/C18H15ClN2/c1-12-8-13(2)10-15(9-12)16-11-17(19)21-18(20-16)14-6-4-3-5-7-14/h3-11H,1-2H3. The monoisotopic (exact) mass is 294 g/mol. The Morgan fingerprint density at radius 1 is 0.762 bits per heavy atom. The van der Waals surface area contributed by atoms with Crippen molar-refractivity contribution >= 4 is 11.6 Å². The number of benzene rings is 2. The molecule has 0 aliphatic carbocycles. The molecule has 0 spiro atoms. The first-order valence-electron chi connectivity index (χ1n) is 6.80. The third-order valence-electron chi connectivity index (χ3n) is 3.24. The maximum atomic E-state index is 6.18. The van der Waals surface area contributed by atoms with E-state index >= 15 is 0 Å². The fraction of sp³-hybridized carbons (Fsp3) is 0.111. The molecule has 0 radical (unpaired) electrons. The van der Waals surface area contributed by atoms with E-state index in [4.69, 9.17) is 11.6 Å². The molecule has 3 rings (SSSR count). The zero-order valence-electron chi connectivity index (χ0n) is 12.0. The Balaban J connectivity index is 2.14. The molecule has 104 valence electrons. The lowest BCUT2D eigenvalue weighted by molar-refractivity contribution is 1.18. The molecule has 0 N–H and O–H groups in total. The lowest BCUT2D eigenvalue weighted by atomic mass is 10.0. The summed E-state index contributed by atoms with van der Waals surface area (Å²) in [6.45, 7) is 4.16. The molecule has 0 bridgehead atoms. The molecule has 0 unspecified atom stereocenters. The van der Waals surface area contributed by atoms with E-state index in [1.807, 2.05) is 36.4 Å². The number of aryl methyl sites for hydroxylation is 2. The van der Waals surface area contributed by atoms with Crippen molar-refractivity contribution in [3.05, 3.63) is 70.9 Å². The Hall–Kier alpha value is -2.19. The van der Waals surface area contributed by atoms with Gasteiger partial charge < -0.3 is 0 Å². The van der Waals surface area contributed by atoms with Gasteiger partial charge in [0.1, 0.15) is 5.15 Å². The van der Waals surface area contributed by atoms with Crippen molar-refractivity contribution in [2.45, 2.75) is 13.8 Å². The quantitative estimate of drug-likeness (QED) is 0.616. The first kappa shape index (κ1) is 13.8. The lowest BCUT2D eigenvalue weighted by Gasteiger charge is -2.07. The predicted octanol–water partition coefficient (Wildman–Crippen LogP) is 5.08. The van der Waals surface area contributed by atoms with Crippen molar-refractivity contribution in [2.24, 2.45) is 0 Å². The Bertz CT molecular complexity index is 762. The summed E-state index contributed by atoms with van der Waals surface area (Å²) in [4.78, 5) is 8.99. The third-order valence-corrected chi connectivity index (χ3v) is 3.44. The molecule has 0 amide bonds. The highest BCUT2D eigenvalue weighted by Gasteiger charge is 2.08. The van der Waals surface area contributed by atoms with Gasteiger partial charge >= 0.3 is 0 Å². The van der Waals surface area contributed by atoms with Crippen LogP contribution in [0.4, 0.5) is 0 Å². The van der Waals surface area contributed by atoms with Gasteiger partial charge in [0.25, 0.3) is 0 Å². The van der Waals surface area contributed by atoms with Crippen molar-refractivity contribution < 1.29 is 0 Å². The number of hydrogen-bond acceptors (Lipinski definition) is 2. The zero-order chi connectivity index (χ0) is 14.8. The van der Waals surface area contributed by atoms with Crippen LogP contribution in [-0.2, 0) is 0 Å². The number of hydrogen-bond donors (Lipinski definition) is 0. The fourth-order valence-corrected chi connectivity index (χ4v) is 2.59. The third kappa shape index (κ3) is 3.11. The number of halogens is 1. The van der Waals surface area contributed by atoms with E-state index in [-0.39, 0.29) is 0 Å². The van der Waals surface area contributed by atoms with E-state index in [1.54, 1.807) is 0 Å². The average Bonchev–Trinajstić information content (AvgIpc) is 2.46. The van der Waals surface area contributed by atoms with Crippen LogP contribution >= 0.6 is 11.6 Å². The van der Waals surface area contributed by atoms with Gasteiger partial charge in [-0.25, -0.2) is 9.97 Å². The molecular weight excluding hydrogens is 280 g/mol. The van der Waals surface area contributed by atoms with Gasteiger partial charge in [-0.2, -0.15) is 0 Å². The van der Waals surface area contributed by atoms with Crippen LogP contribution in [0.3, 0.4) is 0 Å². The van der Waals surface area contributed by atoms with E-state index in [2.05, 4.69) is 42.0 Å². The molecule has 3 aromatic rings. The molecule has 21 heavy (non-hydrogen) atoms. The van der Waals surface area contributed by atoms with E-state index in [9.17, 15) is 0 Å². The molecule has 0 aliphatic heterocycles. The SMILES string of the molecule is Cc1cc(C)cc(-c2cc(Cl)nc(-c3ccccc3)n2)c1. The highest BCUT2D eigenvalue weighted by Crippen LogP contribution is 2.25. The smallest absolute Gasteiger partial charge is 0.161 e. The first-order valence-corrected chi connectivity index (χ1v) is 7.18. The van der Waals surface area contributed by atoms with Crippen LogP contribution in [0.5, 0.6) is 0 Å². The highest BCUT2D eigenvalue weighted by atomic mass is 35.5. The van der Waals surface area contributed by atoms with Gasteiger partial charge in [-0.1, -0.05) is 59.1 Å². The summed E-state index contributed by atoms with van der Waals surface area (Å²) in [6.07, 6.45) is 0. The van der Waals surface area contributed by atoms with Crippen molar-refractivity contribution in [3.8, 4) is 22.6 Å². The molecule has 2 aromatic carbocycles. The van der Waals surface area contributed by atoms with Crippen molar-refractivity contribution in [1.82, 2.24) is 9.97 Å². The summed E-state index contributed by atoms with van der Waals surface area (Å²) in [5, 5.41) is 0.456. The second kappa shape index (κ2) is 5.66. The zero-order valence-corrected chi connectivity index (χ0v) is 12.7. The van der Waals surface area contributed by atoms with E-state index in [0.717, 1.165) is 16.8 Å². The molecule has 0 atom stereocenters. The molecule has 1 heterocycles. The minimum atomic E-state index is 0.456. The highest BCUT2D eigenvalue weighted by molar-refractivity contribution is 6.29. The fourth-order valence-electron chi connectivity index (χ4n) is 2.40. The minimum absolute atomic E-state index is 0.456. The maximum absolute atomic E-state index is 6.18. The van der Waals surface area contributed by atoms with Gasteiger partial charge in [0.2, 0.25) is 0 Å². The van der Waals surface area contributed by atoms with Crippen LogP contribution in [-0.4, -0.2) is 9.97 Å². The van der Waals surface area contributed by atoms with Gasteiger partial charge in [0.15, 0.2) is 5.82 Å². The summed E-state index contributed by atoms with van der Waals surface area (Å²) >= 11 is 6.18. The molecule has 0 saturated heterocycles. The number of aromatic nitrogens is 2. The van der Waals surface area contributed by atoms with Crippen LogP contribution < -0.4 is 0 Å². The lowest BCUT2D eigenvalue weighted by Crippen LogP contribution is -1.93. The second-order valence-electron chi connectivity index (χ2n) is 5.14. The Labute approximate surface area is 129 Å². The van der Waals surface area contributed by atoms with Gasteiger partial charge in [0.05, 0.1) is 5.69 Å². The van der Waals surface area contributed by atoms with Crippen molar-refractivity contribution in [3.63, 3.8) is 0 Å². The summed E-state index contributed by atoms with van der Waals surface area (Å²) < 4.78 is 0. The minimum Gasteiger partial charge on any atom is -0.228 e. The first-order chi connectivity index (χ1) is 10.1. The number of nitrogens with zero attached hydrogens (tertiary/aromatic N) is 2. The topological polar surface area (TPSA) is 25.8 Å². The summed E-state index contributed by atoms with van der Waals surface area (Å²) in [5.41, 5.74) is 5.29. The molecule has 1 aromatic heterocycles. The molecule has 0 fully saturated rings. The van der Waals surface area contributed by atoms with Gasteiger partial charge in [-0.05, 0) is 26.0 Å². The van der Waals surface area contributed by atoms with Crippen LogP contribution in [0, 0.1) is 13.8 Å². The van der Waals surface area contributed by atoms with E-state index < -0.39 is 0 Å². The van der Waals surface area contributed by atoms with Crippen LogP contribution in [0.1, 0.15) is 11.1 Å². The molecule has 0 saturated carbocycles. The van der Waals surface area contributed by atoms with Crippen LogP contribution in [0.15, 0.2) is 54.6 Å². The summed E-state index contributed by atoms with van der Waals surface area (Å²) in [5.74, 6) is 0.650. The van der Waals surface area contributed by atoms with Crippen molar-refractivity contribution in [2.75, 3.05) is 0 Å². The average molecular weight is 295 g/mol. The van der Waals surface area contributed by atoms with Crippen LogP contribution in [0.2, 0.25) is 5.15 Å². The van der Waals surface area contributed by atoms with Gasteiger partial charge in [-0.3, -0.25) is 0 Å². The second-order valence-corrected chi connectivity index (χ2v) is 5.53. The molecule has 2 nitrogen and oxygen atoms in total. The van der Waals surface area contributed by atoms with E-state index in [0.29, 0.717) is 11.0 Å². The van der Waals surface area contributed by atoms with Gasteiger partial charge in [0, 0.05) is 17.2 Å². The molecular formula is C18H15ClN2. The van der Waals surface area contributed by atoms with E-state index in [1.165, 1.54) is 11.1 Å².